The van der Waals surface area contributed by atoms with E-state index < -0.39 is 6.10 Å². The lowest BCUT2D eigenvalue weighted by Gasteiger charge is -2.10. The highest BCUT2D eigenvalue weighted by atomic mass is 35.5. The molecule has 94 valence electrons. The molecule has 0 bridgehead atoms. The van der Waals surface area contributed by atoms with Gasteiger partial charge >= 0.3 is 0 Å². The predicted molar refractivity (Wildman–Crippen MR) is 66.4 cm³/mol. The third kappa shape index (κ3) is 5.06. The fraction of sp³-hybridized carbons (Fsp3) is 0.417. The van der Waals surface area contributed by atoms with E-state index >= 15 is 0 Å². The van der Waals surface area contributed by atoms with Gasteiger partial charge < -0.3 is 15.2 Å². The number of aliphatic hydroxyl groups is 1. The van der Waals surface area contributed by atoms with E-state index in [1.54, 1.807) is 25.1 Å². The van der Waals surface area contributed by atoms with Gasteiger partial charge in [-0.3, -0.25) is 4.79 Å². The van der Waals surface area contributed by atoms with Crippen molar-refractivity contribution in [1.82, 2.24) is 5.32 Å². The fourth-order valence-corrected chi connectivity index (χ4v) is 1.46. The van der Waals surface area contributed by atoms with Crippen LogP contribution in [0, 0.1) is 6.92 Å². The molecule has 1 atom stereocenters. The second kappa shape index (κ2) is 6.47. The molecular weight excluding hydrogens is 242 g/mol. The first-order valence-corrected chi connectivity index (χ1v) is 5.70. The third-order valence-corrected chi connectivity index (χ3v) is 2.33. The first kappa shape index (κ1) is 13.8. The molecule has 0 aromatic heterocycles. The fourth-order valence-electron chi connectivity index (χ4n) is 1.23. The molecule has 17 heavy (non-hydrogen) atoms. The Hall–Kier alpha value is -1.26. The number of nitrogens with one attached hydrogen (secondary N) is 1. The van der Waals surface area contributed by atoms with E-state index in [0.717, 1.165) is 5.56 Å². The van der Waals surface area contributed by atoms with Crippen LogP contribution in [0.15, 0.2) is 18.2 Å². The normalized spacial score (nSPS) is 12.0. The highest BCUT2D eigenvalue weighted by Gasteiger charge is 2.05. The summed E-state index contributed by atoms with van der Waals surface area (Å²) in [5, 5.41) is 12.2. The Morgan fingerprint density at radius 1 is 1.59 bits per heavy atom. The summed E-state index contributed by atoms with van der Waals surface area (Å²) in [5.41, 5.74) is 0.876. The maximum Gasteiger partial charge on any atom is 0.258 e. The number of benzene rings is 1. The molecule has 0 aliphatic heterocycles. The van der Waals surface area contributed by atoms with Crippen LogP contribution in [0.25, 0.3) is 0 Å². The average molecular weight is 258 g/mol. The summed E-state index contributed by atoms with van der Waals surface area (Å²) in [6, 6.07) is 5.20. The first-order valence-electron chi connectivity index (χ1n) is 5.32. The minimum Gasteiger partial charge on any atom is -0.484 e. The van der Waals surface area contributed by atoms with Crippen molar-refractivity contribution < 1.29 is 14.6 Å². The molecule has 0 aliphatic rings. The zero-order valence-electron chi connectivity index (χ0n) is 9.87. The van der Waals surface area contributed by atoms with Gasteiger partial charge in [0.25, 0.3) is 5.91 Å². The van der Waals surface area contributed by atoms with E-state index in [0.29, 0.717) is 10.8 Å². The molecule has 0 fully saturated rings. The van der Waals surface area contributed by atoms with Crippen LogP contribution in [0.3, 0.4) is 0 Å². The highest BCUT2D eigenvalue weighted by molar-refractivity contribution is 6.30. The molecule has 1 aromatic rings. The third-order valence-electron chi connectivity index (χ3n) is 2.09. The van der Waals surface area contributed by atoms with Crippen LogP contribution in [0.4, 0.5) is 0 Å². The van der Waals surface area contributed by atoms with E-state index in [4.69, 9.17) is 21.4 Å². The number of rotatable bonds is 5. The second-order valence-corrected chi connectivity index (χ2v) is 4.29. The lowest BCUT2D eigenvalue weighted by Crippen LogP contribution is -2.34. The van der Waals surface area contributed by atoms with Crippen molar-refractivity contribution in [1.29, 1.82) is 0 Å². The van der Waals surface area contributed by atoms with Crippen molar-refractivity contribution in [3.63, 3.8) is 0 Å². The van der Waals surface area contributed by atoms with Gasteiger partial charge in [0.2, 0.25) is 0 Å². The summed E-state index contributed by atoms with van der Waals surface area (Å²) < 4.78 is 5.33. The molecule has 0 saturated heterocycles. The molecule has 1 aromatic carbocycles. The Bertz CT molecular complexity index is 393. The van der Waals surface area contributed by atoms with E-state index in [1.165, 1.54) is 0 Å². The second-order valence-electron chi connectivity index (χ2n) is 3.85. The molecule has 0 radical (unpaired) electrons. The van der Waals surface area contributed by atoms with Crippen molar-refractivity contribution in [2.24, 2.45) is 0 Å². The Balaban J connectivity index is 2.42. The number of hydrogen-bond acceptors (Lipinski definition) is 3. The van der Waals surface area contributed by atoms with E-state index in [9.17, 15) is 4.79 Å². The molecule has 0 aliphatic carbocycles. The summed E-state index contributed by atoms with van der Waals surface area (Å²) in [7, 11) is 0. The maximum absolute atomic E-state index is 11.3. The zero-order chi connectivity index (χ0) is 12.8. The van der Waals surface area contributed by atoms with E-state index in [2.05, 4.69) is 5.32 Å². The molecule has 5 heteroatoms. The minimum absolute atomic E-state index is 0.0742. The van der Waals surface area contributed by atoms with E-state index in [-0.39, 0.29) is 19.1 Å². The molecule has 1 amide bonds. The maximum atomic E-state index is 11.3. The first-order chi connectivity index (χ1) is 7.99. The van der Waals surface area contributed by atoms with Crippen LogP contribution in [0.1, 0.15) is 12.5 Å². The number of aryl methyl sites for hydroxylation is 1. The average Bonchev–Trinajstić information content (AvgIpc) is 2.25. The van der Waals surface area contributed by atoms with Gasteiger partial charge in [-0.1, -0.05) is 11.6 Å². The lowest BCUT2D eigenvalue weighted by molar-refractivity contribution is -0.123. The number of carbonyl (C=O) groups excluding carboxylic acids is 1. The topological polar surface area (TPSA) is 58.6 Å². The number of aliphatic hydroxyl groups excluding tert-OH is 1. The molecule has 1 unspecified atom stereocenters. The van der Waals surface area contributed by atoms with Crippen LogP contribution in [-0.4, -0.2) is 30.3 Å². The molecule has 2 N–H and O–H groups in total. The van der Waals surface area contributed by atoms with Gasteiger partial charge in [-0.25, -0.2) is 0 Å². The molecule has 0 spiro atoms. The number of hydrogen-bond donors (Lipinski definition) is 2. The van der Waals surface area contributed by atoms with Crippen molar-refractivity contribution in [3.05, 3.63) is 28.8 Å². The summed E-state index contributed by atoms with van der Waals surface area (Å²) >= 11 is 5.80. The molecule has 0 saturated carbocycles. The number of halogens is 1. The van der Waals surface area contributed by atoms with Crippen LogP contribution < -0.4 is 10.1 Å². The molecule has 0 heterocycles. The van der Waals surface area contributed by atoms with Gasteiger partial charge in [0.1, 0.15) is 5.75 Å². The number of amides is 1. The Kier molecular flexibility index (Phi) is 5.25. The molecule has 4 nitrogen and oxygen atoms in total. The zero-order valence-corrected chi connectivity index (χ0v) is 10.6. The van der Waals surface area contributed by atoms with Crippen molar-refractivity contribution >= 4 is 17.5 Å². The van der Waals surface area contributed by atoms with Gasteiger partial charge in [0.15, 0.2) is 6.61 Å². The largest absolute Gasteiger partial charge is 0.484 e. The monoisotopic (exact) mass is 257 g/mol. The smallest absolute Gasteiger partial charge is 0.258 e. The summed E-state index contributed by atoms with van der Waals surface area (Å²) in [4.78, 5) is 11.3. The number of carbonyl (C=O) groups is 1. The molecule has 1 rings (SSSR count). The quantitative estimate of drug-likeness (QED) is 0.841. The standard InChI is InChI=1S/C12H16ClNO3/c1-8-5-10(13)3-4-11(8)17-7-12(16)14-6-9(2)15/h3-5,9,15H,6-7H2,1-2H3,(H,14,16). The summed E-state index contributed by atoms with van der Waals surface area (Å²) in [5.74, 6) is 0.363. The van der Waals surface area contributed by atoms with Crippen LogP contribution in [0.2, 0.25) is 5.02 Å². The van der Waals surface area contributed by atoms with Gasteiger partial charge in [0, 0.05) is 11.6 Å². The van der Waals surface area contributed by atoms with E-state index in [1.807, 2.05) is 6.92 Å². The number of ether oxygens (including phenoxy) is 1. The van der Waals surface area contributed by atoms with Crippen LogP contribution in [-0.2, 0) is 4.79 Å². The van der Waals surface area contributed by atoms with Crippen molar-refractivity contribution in [2.75, 3.05) is 13.2 Å². The molecular formula is C12H16ClNO3. The highest BCUT2D eigenvalue weighted by Crippen LogP contribution is 2.21. The van der Waals surface area contributed by atoms with Crippen molar-refractivity contribution in [2.45, 2.75) is 20.0 Å². The lowest BCUT2D eigenvalue weighted by atomic mass is 10.2. The minimum atomic E-state index is -0.559. The van der Waals surface area contributed by atoms with Gasteiger partial charge in [-0.15, -0.1) is 0 Å². The SMILES string of the molecule is Cc1cc(Cl)ccc1OCC(=O)NCC(C)O. The Morgan fingerprint density at radius 3 is 2.88 bits per heavy atom. The van der Waals surface area contributed by atoms with Gasteiger partial charge in [-0.05, 0) is 37.6 Å². The summed E-state index contributed by atoms with van der Waals surface area (Å²) in [6.07, 6.45) is -0.559. The van der Waals surface area contributed by atoms with Gasteiger partial charge in [0.05, 0.1) is 6.10 Å². The Labute approximate surface area is 106 Å². The Morgan fingerprint density at radius 2 is 2.29 bits per heavy atom. The summed E-state index contributed by atoms with van der Waals surface area (Å²) in [6.45, 7) is 3.61. The predicted octanol–water partition coefficient (Wildman–Crippen LogP) is 1.52. The van der Waals surface area contributed by atoms with Crippen LogP contribution >= 0.6 is 11.6 Å². The van der Waals surface area contributed by atoms with Crippen LogP contribution in [0.5, 0.6) is 5.75 Å². The van der Waals surface area contributed by atoms with Crippen molar-refractivity contribution in [3.8, 4) is 5.75 Å². The van der Waals surface area contributed by atoms with Gasteiger partial charge in [-0.2, -0.15) is 0 Å².